The molecule has 0 saturated carbocycles. The zero-order valence-corrected chi connectivity index (χ0v) is 14.9. The first-order chi connectivity index (χ1) is 11.2. The minimum Gasteiger partial charge on any atom is -0.292 e. The van der Waals surface area contributed by atoms with Gasteiger partial charge in [0.25, 0.3) is 0 Å². The van der Waals surface area contributed by atoms with Crippen molar-refractivity contribution in [2.45, 2.75) is 56.0 Å². The van der Waals surface area contributed by atoms with Crippen molar-refractivity contribution in [2.75, 3.05) is 6.54 Å². The van der Waals surface area contributed by atoms with Gasteiger partial charge in [0.2, 0.25) is 0 Å². The van der Waals surface area contributed by atoms with Gasteiger partial charge in [-0.05, 0) is 31.0 Å². The molecule has 1 saturated heterocycles. The van der Waals surface area contributed by atoms with Gasteiger partial charge in [-0.15, -0.1) is 11.8 Å². The van der Waals surface area contributed by atoms with E-state index in [9.17, 15) is 0 Å². The van der Waals surface area contributed by atoms with Crippen molar-refractivity contribution < 1.29 is 0 Å². The van der Waals surface area contributed by atoms with Gasteiger partial charge in [0, 0.05) is 29.6 Å². The normalized spacial score (nSPS) is 19.2. The summed E-state index contributed by atoms with van der Waals surface area (Å²) in [7, 11) is 0. The fourth-order valence-corrected chi connectivity index (χ4v) is 4.24. The molecular formula is C20H26N2S. The standard InChI is InChI=1S/C20H26N2S/c1-16(2)23-20-18(11-8-13-21-20)19-12-6-7-14-22(19)15-17-9-4-3-5-10-17/h3-5,8-11,13,16,19H,6-7,12,14-15H2,1-2H3/t19-/m0/s1. The maximum Gasteiger partial charge on any atom is 0.101 e. The molecule has 1 atom stereocenters. The van der Waals surface area contributed by atoms with Crippen LogP contribution in [0, 0.1) is 0 Å². The highest BCUT2D eigenvalue weighted by atomic mass is 32.2. The number of hydrogen-bond donors (Lipinski definition) is 0. The molecule has 1 aliphatic rings. The summed E-state index contributed by atoms with van der Waals surface area (Å²) < 4.78 is 0. The van der Waals surface area contributed by atoms with E-state index in [1.807, 2.05) is 18.0 Å². The number of piperidine rings is 1. The summed E-state index contributed by atoms with van der Waals surface area (Å²) in [6.07, 6.45) is 5.79. The van der Waals surface area contributed by atoms with E-state index in [-0.39, 0.29) is 0 Å². The lowest BCUT2D eigenvalue weighted by Crippen LogP contribution is -2.33. The fraction of sp³-hybridized carbons (Fsp3) is 0.450. The van der Waals surface area contributed by atoms with Crippen LogP contribution in [-0.2, 0) is 6.54 Å². The van der Waals surface area contributed by atoms with Gasteiger partial charge < -0.3 is 0 Å². The molecule has 0 unspecified atom stereocenters. The number of rotatable bonds is 5. The second-order valence-electron chi connectivity index (χ2n) is 6.53. The molecule has 2 aromatic rings. The molecule has 0 N–H and O–H groups in total. The molecule has 0 bridgehead atoms. The zero-order chi connectivity index (χ0) is 16.1. The molecule has 1 aromatic heterocycles. The molecule has 3 heteroatoms. The van der Waals surface area contributed by atoms with E-state index < -0.39 is 0 Å². The Morgan fingerprint density at radius 2 is 1.96 bits per heavy atom. The van der Waals surface area contributed by atoms with E-state index in [2.05, 4.69) is 66.2 Å². The molecule has 1 fully saturated rings. The van der Waals surface area contributed by atoms with Crippen molar-refractivity contribution in [1.82, 2.24) is 9.88 Å². The fourth-order valence-electron chi connectivity index (χ4n) is 3.33. The van der Waals surface area contributed by atoms with Gasteiger partial charge in [0.15, 0.2) is 0 Å². The Morgan fingerprint density at radius 1 is 1.13 bits per heavy atom. The molecular weight excluding hydrogens is 300 g/mol. The largest absolute Gasteiger partial charge is 0.292 e. The number of benzene rings is 1. The van der Waals surface area contributed by atoms with Crippen LogP contribution in [0.4, 0.5) is 0 Å². The van der Waals surface area contributed by atoms with Crippen LogP contribution < -0.4 is 0 Å². The Labute approximate surface area is 144 Å². The van der Waals surface area contributed by atoms with E-state index in [0.29, 0.717) is 11.3 Å². The topological polar surface area (TPSA) is 16.1 Å². The van der Waals surface area contributed by atoms with Crippen LogP contribution >= 0.6 is 11.8 Å². The molecule has 2 nitrogen and oxygen atoms in total. The van der Waals surface area contributed by atoms with E-state index in [4.69, 9.17) is 0 Å². The summed E-state index contributed by atoms with van der Waals surface area (Å²) in [6.45, 7) is 6.70. The Balaban J connectivity index is 1.84. The van der Waals surface area contributed by atoms with Crippen LogP contribution in [0.5, 0.6) is 0 Å². The molecule has 122 valence electrons. The minimum atomic E-state index is 0.499. The van der Waals surface area contributed by atoms with Crippen molar-refractivity contribution >= 4 is 11.8 Å². The predicted octanol–water partition coefficient (Wildman–Crippen LogP) is 5.31. The van der Waals surface area contributed by atoms with Gasteiger partial charge in [0.1, 0.15) is 5.03 Å². The number of pyridine rings is 1. The molecule has 23 heavy (non-hydrogen) atoms. The Kier molecular flexibility index (Phi) is 5.74. The maximum atomic E-state index is 4.67. The van der Waals surface area contributed by atoms with E-state index in [0.717, 1.165) is 6.54 Å². The van der Waals surface area contributed by atoms with Crippen molar-refractivity contribution in [2.24, 2.45) is 0 Å². The first-order valence-corrected chi connectivity index (χ1v) is 9.51. The van der Waals surface area contributed by atoms with Crippen molar-refractivity contribution in [3.05, 3.63) is 59.8 Å². The van der Waals surface area contributed by atoms with Gasteiger partial charge >= 0.3 is 0 Å². The van der Waals surface area contributed by atoms with Crippen molar-refractivity contribution in [3.63, 3.8) is 0 Å². The number of nitrogens with zero attached hydrogens (tertiary/aromatic N) is 2. The lowest BCUT2D eigenvalue weighted by Gasteiger charge is -2.36. The first kappa shape index (κ1) is 16.5. The highest BCUT2D eigenvalue weighted by molar-refractivity contribution is 7.99. The summed E-state index contributed by atoms with van der Waals surface area (Å²) >= 11 is 1.89. The third-order valence-corrected chi connectivity index (χ3v) is 5.38. The molecule has 3 rings (SSSR count). The van der Waals surface area contributed by atoms with Crippen molar-refractivity contribution in [3.8, 4) is 0 Å². The summed E-state index contributed by atoms with van der Waals surface area (Å²) in [5, 5.41) is 1.78. The van der Waals surface area contributed by atoms with Gasteiger partial charge in [-0.25, -0.2) is 4.98 Å². The smallest absolute Gasteiger partial charge is 0.101 e. The van der Waals surface area contributed by atoms with Crippen LogP contribution in [0.1, 0.15) is 50.3 Å². The second kappa shape index (κ2) is 7.98. The molecule has 2 heterocycles. The van der Waals surface area contributed by atoms with Crippen LogP contribution in [0.25, 0.3) is 0 Å². The Hall–Kier alpha value is -1.32. The molecule has 0 radical (unpaired) electrons. The molecule has 0 aliphatic carbocycles. The van der Waals surface area contributed by atoms with Crippen LogP contribution in [0.15, 0.2) is 53.7 Å². The number of aromatic nitrogens is 1. The van der Waals surface area contributed by atoms with E-state index in [1.165, 1.54) is 42.0 Å². The van der Waals surface area contributed by atoms with E-state index in [1.54, 1.807) is 0 Å². The number of hydrogen-bond acceptors (Lipinski definition) is 3. The highest BCUT2D eigenvalue weighted by Crippen LogP contribution is 2.37. The minimum absolute atomic E-state index is 0.499. The number of thioether (sulfide) groups is 1. The quantitative estimate of drug-likeness (QED) is 0.693. The van der Waals surface area contributed by atoms with Gasteiger partial charge in [0.05, 0.1) is 0 Å². The highest BCUT2D eigenvalue weighted by Gasteiger charge is 2.26. The summed E-state index contributed by atoms with van der Waals surface area (Å²) in [5.41, 5.74) is 2.82. The van der Waals surface area contributed by atoms with Crippen LogP contribution in [0.3, 0.4) is 0 Å². The lowest BCUT2D eigenvalue weighted by atomic mass is 9.95. The SMILES string of the molecule is CC(C)Sc1ncccc1[C@@H]1CCCCN1Cc1ccccc1. The molecule has 0 amide bonds. The van der Waals surface area contributed by atoms with Crippen molar-refractivity contribution in [1.29, 1.82) is 0 Å². The lowest BCUT2D eigenvalue weighted by molar-refractivity contribution is 0.138. The predicted molar refractivity (Wildman–Crippen MR) is 98.7 cm³/mol. The molecule has 1 aromatic carbocycles. The van der Waals surface area contributed by atoms with E-state index >= 15 is 0 Å². The Bertz CT molecular complexity index is 612. The molecule has 1 aliphatic heterocycles. The first-order valence-electron chi connectivity index (χ1n) is 8.63. The number of likely N-dealkylation sites (tertiary alicyclic amines) is 1. The third kappa shape index (κ3) is 4.36. The van der Waals surface area contributed by atoms with Gasteiger partial charge in [-0.2, -0.15) is 0 Å². The molecule has 0 spiro atoms. The summed E-state index contributed by atoms with van der Waals surface area (Å²) in [6, 6.07) is 15.7. The van der Waals surface area contributed by atoms with Gasteiger partial charge in [-0.1, -0.05) is 56.7 Å². The second-order valence-corrected chi connectivity index (χ2v) is 8.10. The summed E-state index contributed by atoms with van der Waals surface area (Å²) in [5.74, 6) is 0. The third-order valence-electron chi connectivity index (χ3n) is 4.35. The monoisotopic (exact) mass is 326 g/mol. The average Bonchev–Trinajstić information content (AvgIpc) is 2.56. The zero-order valence-electron chi connectivity index (χ0n) is 14.1. The summed E-state index contributed by atoms with van der Waals surface area (Å²) in [4.78, 5) is 7.31. The van der Waals surface area contributed by atoms with Crippen LogP contribution in [0.2, 0.25) is 0 Å². The Morgan fingerprint density at radius 3 is 2.74 bits per heavy atom. The van der Waals surface area contributed by atoms with Crippen LogP contribution in [-0.4, -0.2) is 21.7 Å². The average molecular weight is 327 g/mol. The maximum absolute atomic E-state index is 4.67. The van der Waals surface area contributed by atoms with Gasteiger partial charge in [-0.3, -0.25) is 4.90 Å².